The summed E-state index contributed by atoms with van der Waals surface area (Å²) < 4.78 is 5.36. The van der Waals surface area contributed by atoms with E-state index in [1.54, 1.807) is 66.7 Å². The maximum absolute atomic E-state index is 13.4. The number of hydrogen-bond acceptors (Lipinski definition) is 5. The first kappa shape index (κ1) is 21.4. The molecule has 0 radical (unpaired) electrons. The third-order valence-electron chi connectivity index (χ3n) is 4.89. The van der Waals surface area contributed by atoms with Crippen molar-refractivity contribution < 1.29 is 14.3 Å². The fourth-order valence-electron chi connectivity index (χ4n) is 3.36. The van der Waals surface area contributed by atoms with Gasteiger partial charge in [-0.1, -0.05) is 35.3 Å². The molecule has 0 aromatic heterocycles. The van der Waals surface area contributed by atoms with Gasteiger partial charge in [-0.3, -0.25) is 9.59 Å². The maximum atomic E-state index is 13.4. The molecule has 32 heavy (non-hydrogen) atoms. The normalized spacial score (nSPS) is 13.4. The smallest absolute Gasteiger partial charge is 0.282 e. The molecule has 1 aliphatic rings. The molecular weight excluding hydrogens is 449 g/mol. The molecule has 0 aliphatic carbocycles. The molecule has 8 heteroatoms. The van der Waals surface area contributed by atoms with Crippen LogP contribution in [0.2, 0.25) is 10.0 Å². The lowest BCUT2D eigenvalue weighted by Crippen LogP contribution is -2.32. The van der Waals surface area contributed by atoms with E-state index in [-0.39, 0.29) is 11.3 Å². The molecule has 0 saturated carbocycles. The van der Waals surface area contributed by atoms with Crippen LogP contribution in [0.5, 0.6) is 5.75 Å². The number of ether oxygens (including phenoxy) is 1. The molecule has 6 nitrogen and oxygen atoms in total. The summed E-state index contributed by atoms with van der Waals surface area (Å²) in [5.41, 5.74) is 1.97. The Kier molecular flexibility index (Phi) is 5.87. The highest BCUT2D eigenvalue weighted by Crippen LogP contribution is 2.36. The van der Waals surface area contributed by atoms with Gasteiger partial charge in [0.1, 0.15) is 11.4 Å². The predicted molar refractivity (Wildman–Crippen MR) is 124 cm³/mol. The second-order valence-corrected chi connectivity index (χ2v) is 7.70. The lowest BCUT2D eigenvalue weighted by molar-refractivity contribution is -0.120. The summed E-state index contributed by atoms with van der Waals surface area (Å²) in [7, 11) is 1.49. The number of imide groups is 1. The lowest BCUT2D eigenvalue weighted by Gasteiger charge is -2.16. The van der Waals surface area contributed by atoms with Gasteiger partial charge in [0.15, 0.2) is 0 Å². The zero-order chi connectivity index (χ0) is 22.8. The zero-order valence-corrected chi connectivity index (χ0v) is 18.2. The second kappa shape index (κ2) is 8.75. The quantitative estimate of drug-likeness (QED) is 0.521. The Balaban J connectivity index is 1.84. The van der Waals surface area contributed by atoms with Crippen molar-refractivity contribution in [2.45, 2.75) is 0 Å². The molecule has 0 atom stereocenters. The van der Waals surface area contributed by atoms with Crippen molar-refractivity contribution in [3.8, 4) is 11.8 Å². The fraction of sp³-hybridized carbons (Fsp3) is 0.0417. The topological polar surface area (TPSA) is 82.4 Å². The van der Waals surface area contributed by atoms with Gasteiger partial charge < -0.3 is 10.1 Å². The van der Waals surface area contributed by atoms with Crippen molar-refractivity contribution in [2.24, 2.45) is 0 Å². The number of hydrogen-bond donors (Lipinski definition) is 1. The Labute approximate surface area is 194 Å². The van der Waals surface area contributed by atoms with Crippen molar-refractivity contribution in [2.75, 3.05) is 17.3 Å². The first-order chi connectivity index (χ1) is 15.4. The van der Waals surface area contributed by atoms with Crippen LogP contribution in [0.25, 0.3) is 5.57 Å². The molecule has 158 valence electrons. The maximum Gasteiger partial charge on any atom is 0.282 e. The first-order valence-electron chi connectivity index (χ1n) is 9.42. The van der Waals surface area contributed by atoms with Crippen LogP contribution in [0.15, 0.2) is 72.4 Å². The first-order valence-corrected chi connectivity index (χ1v) is 10.2. The largest absolute Gasteiger partial charge is 0.495 e. The molecule has 1 heterocycles. The van der Waals surface area contributed by atoms with Crippen LogP contribution < -0.4 is 15.0 Å². The molecule has 1 aliphatic heterocycles. The third kappa shape index (κ3) is 3.92. The molecule has 3 aromatic rings. The molecular formula is C24H15Cl2N3O3. The number of carbonyl (C=O) groups excluding carboxylic acids is 2. The van der Waals surface area contributed by atoms with E-state index in [0.717, 1.165) is 4.90 Å². The van der Waals surface area contributed by atoms with E-state index in [0.29, 0.717) is 38.3 Å². The van der Waals surface area contributed by atoms with Crippen LogP contribution in [0.1, 0.15) is 11.1 Å². The third-order valence-corrected chi connectivity index (χ3v) is 5.38. The average molecular weight is 464 g/mol. The summed E-state index contributed by atoms with van der Waals surface area (Å²) >= 11 is 12.1. The highest BCUT2D eigenvalue weighted by molar-refractivity contribution is 6.46. The second-order valence-electron chi connectivity index (χ2n) is 6.83. The van der Waals surface area contributed by atoms with Gasteiger partial charge in [0.25, 0.3) is 11.8 Å². The minimum atomic E-state index is -0.549. The molecule has 0 spiro atoms. The van der Waals surface area contributed by atoms with Gasteiger partial charge in [-0.15, -0.1) is 0 Å². The molecule has 0 saturated heterocycles. The Hall–Kier alpha value is -3.79. The van der Waals surface area contributed by atoms with Gasteiger partial charge >= 0.3 is 0 Å². The summed E-state index contributed by atoms with van der Waals surface area (Å²) in [6.07, 6.45) is 0. The van der Waals surface area contributed by atoms with Crippen LogP contribution >= 0.6 is 23.2 Å². The van der Waals surface area contributed by atoms with E-state index in [1.807, 2.05) is 6.07 Å². The zero-order valence-electron chi connectivity index (χ0n) is 16.7. The van der Waals surface area contributed by atoms with Crippen molar-refractivity contribution in [3.05, 3.63) is 93.6 Å². The SMILES string of the molecule is COc1ccc(Cl)cc1NC1=C(c2ccc(Cl)cc2)C(=O)N(c2ccc(C#N)cc2)C1=O. The van der Waals surface area contributed by atoms with Crippen molar-refractivity contribution in [3.63, 3.8) is 0 Å². The number of rotatable bonds is 5. The molecule has 2 amide bonds. The molecule has 4 rings (SSSR count). The number of benzene rings is 3. The highest BCUT2D eigenvalue weighted by atomic mass is 35.5. The van der Waals surface area contributed by atoms with Gasteiger partial charge in [0.2, 0.25) is 0 Å². The molecule has 0 unspecified atom stereocenters. The highest BCUT2D eigenvalue weighted by Gasteiger charge is 2.40. The van der Waals surface area contributed by atoms with Gasteiger partial charge in [0.05, 0.1) is 35.7 Å². The molecule has 1 N–H and O–H groups in total. The van der Waals surface area contributed by atoms with Gasteiger partial charge in [-0.2, -0.15) is 5.26 Å². The van der Waals surface area contributed by atoms with E-state index in [9.17, 15) is 9.59 Å². The Morgan fingerprint density at radius 3 is 2.19 bits per heavy atom. The van der Waals surface area contributed by atoms with Crippen LogP contribution in [0, 0.1) is 11.3 Å². The number of nitrogens with zero attached hydrogens (tertiary/aromatic N) is 2. The summed E-state index contributed by atoms with van der Waals surface area (Å²) in [5, 5.41) is 13.0. The van der Waals surface area contributed by atoms with E-state index in [4.69, 9.17) is 33.2 Å². The molecule has 0 fully saturated rings. The van der Waals surface area contributed by atoms with Gasteiger partial charge in [0, 0.05) is 10.0 Å². The lowest BCUT2D eigenvalue weighted by atomic mass is 10.0. The van der Waals surface area contributed by atoms with Crippen LogP contribution in [-0.2, 0) is 9.59 Å². The van der Waals surface area contributed by atoms with Crippen molar-refractivity contribution >= 4 is 52.0 Å². The minimum absolute atomic E-state index is 0.0715. The summed E-state index contributed by atoms with van der Waals surface area (Å²) in [5.74, 6) is -0.605. The average Bonchev–Trinajstić information content (AvgIpc) is 3.04. The number of nitriles is 1. The van der Waals surface area contributed by atoms with Crippen molar-refractivity contribution in [1.29, 1.82) is 5.26 Å². The summed E-state index contributed by atoms with van der Waals surface area (Å²) in [4.78, 5) is 27.9. The Morgan fingerprint density at radius 2 is 1.56 bits per heavy atom. The Morgan fingerprint density at radius 1 is 0.906 bits per heavy atom. The van der Waals surface area contributed by atoms with E-state index in [1.165, 1.54) is 7.11 Å². The predicted octanol–water partition coefficient (Wildman–Crippen LogP) is 5.27. The number of methoxy groups -OCH3 is 1. The van der Waals surface area contributed by atoms with E-state index in [2.05, 4.69) is 5.32 Å². The fourth-order valence-corrected chi connectivity index (χ4v) is 3.66. The number of halogens is 2. The summed E-state index contributed by atoms with van der Waals surface area (Å²) in [6, 6.07) is 19.8. The van der Waals surface area contributed by atoms with Gasteiger partial charge in [-0.25, -0.2) is 4.90 Å². The van der Waals surface area contributed by atoms with E-state index < -0.39 is 11.8 Å². The standard InChI is InChI=1S/C24H15Cl2N3O3/c1-32-20-11-8-17(26)12-19(20)28-22-21(15-4-6-16(25)7-5-15)23(30)29(24(22)31)18-9-2-14(13-27)3-10-18/h2-12,28H,1H3. The monoisotopic (exact) mass is 463 g/mol. The van der Waals surface area contributed by atoms with E-state index >= 15 is 0 Å². The van der Waals surface area contributed by atoms with Gasteiger partial charge in [-0.05, 0) is 60.2 Å². The molecule has 3 aromatic carbocycles. The minimum Gasteiger partial charge on any atom is -0.495 e. The summed E-state index contributed by atoms with van der Waals surface area (Å²) in [6.45, 7) is 0. The number of anilines is 2. The Bertz CT molecular complexity index is 1290. The molecule has 0 bridgehead atoms. The van der Waals surface area contributed by atoms with Crippen LogP contribution in [-0.4, -0.2) is 18.9 Å². The van der Waals surface area contributed by atoms with Crippen LogP contribution in [0.3, 0.4) is 0 Å². The van der Waals surface area contributed by atoms with Crippen molar-refractivity contribution in [1.82, 2.24) is 0 Å². The number of nitrogens with one attached hydrogen (secondary N) is 1. The number of carbonyl (C=O) groups is 2. The van der Waals surface area contributed by atoms with Crippen LogP contribution in [0.4, 0.5) is 11.4 Å². The number of amides is 2.